The maximum absolute atomic E-state index is 5.76. The van der Waals surface area contributed by atoms with Crippen LogP contribution in [0.15, 0.2) is 30.3 Å². The van der Waals surface area contributed by atoms with Crippen LogP contribution in [0.3, 0.4) is 0 Å². The summed E-state index contributed by atoms with van der Waals surface area (Å²) in [6.07, 6.45) is 0. The predicted octanol–water partition coefficient (Wildman–Crippen LogP) is 3.32. The lowest BCUT2D eigenvalue weighted by Gasteiger charge is -2.18. The maximum Gasteiger partial charge on any atom is 0.124 e. The number of aryl methyl sites for hydroxylation is 2. The molecule has 1 unspecified atom stereocenters. The highest BCUT2D eigenvalue weighted by Crippen LogP contribution is 2.34. The molecule has 0 aliphatic carbocycles. The van der Waals surface area contributed by atoms with E-state index >= 15 is 0 Å². The van der Waals surface area contributed by atoms with Gasteiger partial charge in [-0.05, 0) is 38.5 Å². The molecule has 1 aromatic heterocycles. The van der Waals surface area contributed by atoms with E-state index in [1.807, 2.05) is 25.1 Å². The average Bonchev–Trinajstić information content (AvgIpc) is 2.73. The molecule has 0 spiro atoms. The molecule has 0 radical (unpaired) electrons. The molecule has 102 valence electrons. The topological polar surface area (TPSA) is 47.3 Å². The van der Waals surface area contributed by atoms with Crippen LogP contribution in [-0.2, 0) is 0 Å². The van der Waals surface area contributed by atoms with Crippen molar-refractivity contribution in [2.75, 3.05) is 6.61 Å². The van der Waals surface area contributed by atoms with Crippen molar-refractivity contribution in [3.63, 3.8) is 0 Å². The fourth-order valence-corrected chi connectivity index (χ4v) is 3.20. The molecule has 0 fully saturated rings. The molecule has 1 aromatic carbocycles. The van der Waals surface area contributed by atoms with Crippen LogP contribution < -0.4 is 16.0 Å². The number of rotatable bonds is 5. The van der Waals surface area contributed by atoms with Crippen molar-refractivity contribution in [3.8, 4) is 5.75 Å². The second-order valence-corrected chi connectivity index (χ2v) is 5.75. The molecule has 19 heavy (non-hydrogen) atoms. The van der Waals surface area contributed by atoms with Gasteiger partial charge in [0.05, 0.1) is 12.6 Å². The number of hydrogen-bond acceptors (Lipinski definition) is 4. The summed E-state index contributed by atoms with van der Waals surface area (Å²) in [7, 11) is 0. The van der Waals surface area contributed by atoms with Gasteiger partial charge in [0.25, 0.3) is 0 Å². The van der Waals surface area contributed by atoms with Crippen LogP contribution in [0.2, 0.25) is 0 Å². The van der Waals surface area contributed by atoms with Gasteiger partial charge in [0.2, 0.25) is 0 Å². The fourth-order valence-electron chi connectivity index (χ4n) is 2.08. The first kappa shape index (κ1) is 14.1. The van der Waals surface area contributed by atoms with Crippen molar-refractivity contribution >= 4 is 11.3 Å². The Kier molecular flexibility index (Phi) is 4.58. The largest absolute Gasteiger partial charge is 0.494 e. The van der Waals surface area contributed by atoms with Crippen molar-refractivity contribution in [2.45, 2.75) is 26.8 Å². The van der Waals surface area contributed by atoms with Gasteiger partial charge < -0.3 is 4.74 Å². The van der Waals surface area contributed by atoms with Crippen molar-refractivity contribution in [1.29, 1.82) is 0 Å². The van der Waals surface area contributed by atoms with E-state index < -0.39 is 0 Å². The summed E-state index contributed by atoms with van der Waals surface area (Å²) in [6, 6.07) is 10.2. The lowest BCUT2D eigenvalue weighted by atomic mass is 10.0. The molecule has 0 aliphatic rings. The molecule has 0 amide bonds. The Morgan fingerprint density at radius 2 is 2.05 bits per heavy atom. The zero-order chi connectivity index (χ0) is 13.8. The summed E-state index contributed by atoms with van der Waals surface area (Å²) in [5, 5.41) is 0. The first-order valence-electron chi connectivity index (χ1n) is 6.42. The number of hydrazine groups is 1. The first-order valence-corrected chi connectivity index (χ1v) is 7.23. The van der Waals surface area contributed by atoms with Crippen LogP contribution >= 0.6 is 11.3 Å². The molecule has 2 aromatic rings. The zero-order valence-electron chi connectivity index (χ0n) is 11.6. The van der Waals surface area contributed by atoms with Gasteiger partial charge in [-0.3, -0.25) is 5.84 Å². The van der Waals surface area contributed by atoms with E-state index in [1.54, 1.807) is 11.3 Å². The standard InChI is InChI=1S/C15H20N2OS/c1-4-18-13-8-6-5-7-12(13)15(17-16)14-9-10(2)11(3)19-14/h5-9,15,17H,4,16H2,1-3H3. The van der Waals surface area contributed by atoms with E-state index in [4.69, 9.17) is 10.6 Å². The number of benzene rings is 1. The quantitative estimate of drug-likeness (QED) is 0.650. The minimum Gasteiger partial charge on any atom is -0.494 e. The van der Waals surface area contributed by atoms with Gasteiger partial charge >= 0.3 is 0 Å². The fraction of sp³-hybridized carbons (Fsp3) is 0.333. The normalized spacial score (nSPS) is 12.4. The molecule has 4 heteroatoms. The van der Waals surface area contributed by atoms with Gasteiger partial charge in [0.15, 0.2) is 0 Å². The molecule has 0 saturated heterocycles. The molecule has 0 bridgehead atoms. The smallest absolute Gasteiger partial charge is 0.124 e. The molecule has 0 aliphatic heterocycles. The van der Waals surface area contributed by atoms with Crippen LogP contribution in [-0.4, -0.2) is 6.61 Å². The third-order valence-electron chi connectivity index (χ3n) is 3.17. The molecule has 0 saturated carbocycles. The Balaban J connectivity index is 2.41. The minimum atomic E-state index is -0.0276. The number of thiophene rings is 1. The summed E-state index contributed by atoms with van der Waals surface area (Å²) in [5.74, 6) is 6.65. The maximum atomic E-state index is 5.76. The van der Waals surface area contributed by atoms with Gasteiger partial charge in [-0.15, -0.1) is 11.3 Å². The summed E-state index contributed by atoms with van der Waals surface area (Å²) in [5.41, 5.74) is 5.28. The van der Waals surface area contributed by atoms with Gasteiger partial charge in [-0.1, -0.05) is 18.2 Å². The number of hydrogen-bond donors (Lipinski definition) is 2. The molecule has 3 N–H and O–H groups in total. The molecule has 1 heterocycles. The number of ether oxygens (including phenoxy) is 1. The molecule has 1 atom stereocenters. The average molecular weight is 276 g/mol. The first-order chi connectivity index (χ1) is 9.17. The van der Waals surface area contributed by atoms with Gasteiger partial charge in [0.1, 0.15) is 5.75 Å². The van der Waals surface area contributed by atoms with Crippen LogP contribution in [0.25, 0.3) is 0 Å². The highest BCUT2D eigenvalue weighted by molar-refractivity contribution is 7.12. The van der Waals surface area contributed by atoms with Gasteiger partial charge in [-0.25, -0.2) is 5.43 Å². The SMILES string of the molecule is CCOc1ccccc1C(NN)c1cc(C)c(C)s1. The summed E-state index contributed by atoms with van der Waals surface area (Å²) in [6.45, 7) is 6.89. The second kappa shape index (κ2) is 6.19. The molecular weight excluding hydrogens is 256 g/mol. The summed E-state index contributed by atoms with van der Waals surface area (Å²) < 4.78 is 5.69. The van der Waals surface area contributed by atoms with E-state index in [1.165, 1.54) is 15.3 Å². The van der Waals surface area contributed by atoms with E-state index in [9.17, 15) is 0 Å². The van der Waals surface area contributed by atoms with E-state index in [-0.39, 0.29) is 6.04 Å². The van der Waals surface area contributed by atoms with E-state index in [0.717, 1.165) is 11.3 Å². The highest BCUT2D eigenvalue weighted by Gasteiger charge is 2.19. The van der Waals surface area contributed by atoms with Gasteiger partial charge in [-0.2, -0.15) is 0 Å². The van der Waals surface area contributed by atoms with Crippen LogP contribution in [0, 0.1) is 13.8 Å². The van der Waals surface area contributed by atoms with Crippen molar-refractivity contribution in [3.05, 3.63) is 51.2 Å². The summed E-state index contributed by atoms with van der Waals surface area (Å²) >= 11 is 1.77. The van der Waals surface area contributed by atoms with Crippen molar-refractivity contribution in [1.82, 2.24) is 5.43 Å². The van der Waals surface area contributed by atoms with Crippen molar-refractivity contribution in [2.24, 2.45) is 5.84 Å². The van der Waals surface area contributed by atoms with Crippen molar-refractivity contribution < 1.29 is 4.74 Å². The number of nitrogens with one attached hydrogen (secondary N) is 1. The zero-order valence-corrected chi connectivity index (χ0v) is 12.4. The van der Waals surface area contributed by atoms with Crippen LogP contribution in [0.4, 0.5) is 0 Å². The molecule has 3 nitrogen and oxygen atoms in total. The lowest BCUT2D eigenvalue weighted by Crippen LogP contribution is -2.28. The Labute approximate surface area is 118 Å². The Morgan fingerprint density at radius 1 is 1.32 bits per heavy atom. The minimum absolute atomic E-state index is 0.0276. The number of nitrogens with two attached hydrogens (primary N) is 1. The predicted molar refractivity (Wildman–Crippen MR) is 80.6 cm³/mol. The third kappa shape index (κ3) is 2.97. The third-order valence-corrected chi connectivity index (χ3v) is 4.38. The lowest BCUT2D eigenvalue weighted by molar-refractivity contribution is 0.334. The Hall–Kier alpha value is -1.36. The Morgan fingerprint density at radius 3 is 2.63 bits per heavy atom. The second-order valence-electron chi connectivity index (χ2n) is 4.46. The van der Waals surface area contributed by atoms with E-state index in [0.29, 0.717) is 6.61 Å². The monoisotopic (exact) mass is 276 g/mol. The molecular formula is C15H20N2OS. The van der Waals surface area contributed by atoms with Crippen LogP contribution in [0.1, 0.15) is 33.8 Å². The Bertz CT molecular complexity index is 531. The van der Waals surface area contributed by atoms with Crippen LogP contribution in [0.5, 0.6) is 5.75 Å². The highest BCUT2D eigenvalue weighted by atomic mass is 32.1. The van der Waals surface area contributed by atoms with E-state index in [2.05, 4.69) is 31.4 Å². The van der Waals surface area contributed by atoms with Gasteiger partial charge in [0, 0.05) is 15.3 Å². The number of para-hydroxylation sites is 1. The molecule has 2 rings (SSSR count). The summed E-state index contributed by atoms with van der Waals surface area (Å²) in [4.78, 5) is 2.54.